The third-order valence-electron chi connectivity index (χ3n) is 2.89. The van der Waals surface area contributed by atoms with Gasteiger partial charge in [-0.1, -0.05) is 6.92 Å². The number of esters is 1. The van der Waals surface area contributed by atoms with Gasteiger partial charge in [0, 0.05) is 13.1 Å². The number of β-amino-alcohol motifs (C(OH)–C–C–N with tert-alkyl or cyclic N) is 1. The van der Waals surface area contributed by atoms with Gasteiger partial charge in [0.2, 0.25) is 0 Å². The fraction of sp³-hybridized carbons (Fsp3) is 0.909. The van der Waals surface area contributed by atoms with Crippen molar-refractivity contribution in [1.82, 2.24) is 4.90 Å². The summed E-state index contributed by atoms with van der Waals surface area (Å²) in [4.78, 5) is 13.4. The van der Waals surface area contributed by atoms with E-state index < -0.39 is 5.60 Å². The first kappa shape index (κ1) is 12.5. The molecule has 0 aromatic carbocycles. The second kappa shape index (κ2) is 4.94. The Morgan fingerprint density at radius 1 is 1.67 bits per heavy atom. The Labute approximate surface area is 91.2 Å². The lowest BCUT2D eigenvalue weighted by Gasteiger charge is -2.37. The van der Waals surface area contributed by atoms with Crippen molar-refractivity contribution < 1.29 is 14.6 Å². The van der Waals surface area contributed by atoms with Crippen LogP contribution in [0.4, 0.5) is 0 Å². The Balaban J connectivity index is 2.41. The number of methoxy groups -OCH3 is 1. The van der Waals surface area contributed by atoms with E-state index in [1.54, 1.807) is 0 Å². The van der Waals surface area contributed by atoms with Crippen LogP contribution in [0.25, 0.3) is 0 Å². The average molecular weight is 215 g/mol. The highest BCUT2D eigenvalue weighted by atomic mass is 16.5. The minimum atomic E-state index is -0.603. The fourth-order valence-corrected chi connectivity index (χ4v) is 2.14. The summed E-state index contributed by atoms with van der Waals surface area (Å²) in [5.41, 5.74) is -0.603. The molecule has 1 aliphatic rings. The summed E-state index contributed by atoms with van der Waals surface area (Å²) in [7, 11) is 1.41. The molecule has 0 aliphatic carbocycles. The van der Waals surface area contributed by atoms with Crippen molar-refractivity contribution >= 4 is 5.97 Å². The second-order valence-electron chi connectivity index (χ2n) is 4.76. The number of carbonyl (C=O) groups is 1. The van der Waals surface area contributed by atoms with Gasteiger partial charge in [-0.2, -0.15) is 0 Å². The lowest BCUT2D eigenvalue weighted by molar-refractivity contribution is -0.146. The molecule has 0 aromatic heterocycles. The Kier molecular flexibility index (Phi) is 4.11. The van der Waals surface area contributed by atoms with Crippen molar-refractivity contribution in [1.29, 1.82) is 0 Å². The van der Waals surface area contributed by atoms with Gasteiger partial charge in [-0.05, 0) is 26.3 Å². The normalized spacial score (nSPS) is 29.9. The summed E-state index contributed by atoms with van der Waals surface area (Å²) in [6.07, 6.45) is 1.83. The lowest BCUT2D eigenvalue weighted by atomic mass is 9.94. The van der Waals surface area contributed by atoms with E-state index in [9.17, 15) is 9.90 Å². The highest BCUT2D eigenvalue weighted by Crippen LogP contribution is 2.21. The molecule has 0 aromatic rings. The van der Waals surface area contributed by atoms with Gasteiger partial charge in [-0.25, -0.2) is 0 Å². The number of hydrogen-bond donors (Lipinski definition) is 1. The largest absolute Gasteiger partial charge is 0.469 e. The number of carbonyl (C=O) groups excluding carboxylic acids is 1. The predicted octanol–water partition coefficient (Wildman–Crippen LogP) is 0.642. The first-order valence-corrected chi connectivity index (χ1v) is 5.47. The highest BCUT2D eigenvalue weighted by Gasteiger charge is 2.29. The third kappa shape index (κ3) is 3.80. The zero-order valence-electron chi connectivity index (χ0n) is 9.82. The molecule has 2 unspecified atom stereocenters. The van der Waals surface area contributed by atoms with Crippen LogP contribution in [0.3, 0.4) is 0 Å². The molecule has 1 N–H and O–H groups in total. The van der Waals surface area contributed by atoms with Crippen LogP contribution in [0.15, 0.2) is 0 Å². The Hall–Kier alpha value is -0.610. The average Bonchev–Trinajstić information content (AvgIpc) is 2.14. The summed E-state index contributed by atoms with van der Waals surface area (Å²) < 4.78 is 4.68. The molecule has 1 rings (SSSR count). The number of aliphatic hydroxyl groups is 1. The van der Waals surface area contributed by atoms with Crippen LogP contribution in [0.2, 0.25) is 0 Å². The zero-order chi connectivity index (χ0) is 11.5. The van der Waals surface area contributed by atoms with Crippen LogP contribution in [0, 0.1) is 5.92 Å². The first-order chi connectivity index (χ1) is 6.94. The van der Waals surface area contributed by atoms with Crippen molar-refractivity contribution in [3.05, 3.63) is 0 Å². The lowest BCUT2D eigenvalue weighted by Crippen LogP contribution is -2.48. The van der Waals surface area contributed by atoms with Gasteiger partial charge in [-0.15, -0.1) is 0 Å². The van der Waals surface area contributed by atoms with Crippen LogP contribution in [-0.4, -0.2) is 48.3 Å². The molecule has 0 radical (unpaired) electrons. The summed E-state index contributed by atoms with van der Waals surface area (Å²) in [5, 5.41) is 9.90. The van der Waals surface area contributed by atoms with E-state index in [0.717, 1.165) is 19.4 Å². The monoisotopic (exact) mass is 215 g/mol. The fourth-order valence-electron chi connectivity index (χ4n) is 2.14. The maximum absolute atomic E-state index is 11.2. The van der Waals surface area contributed by atoms with Crippen LogP contribution < -0.4 is 0 Å². The Bertz CT molecular complexity index is 228. The highest BCUT2D eigenvalue weighted by molar-refractivity contribution is 5.72. The molecule has 1 fully saturated rings. The molecular formula is C11H21NO3. The molecule has 1 heterocycles. The van der Waals surface area contributed by atoms with E-state index in [4.69, 9.17) is 0 Å². The zero-order valence-corrected chi connectivity index (χ0v) is 9.82. The number of likely N-dealkylation sites (tertiary alicyclic amines) is 1. The third-order valence-corrected chi connectivity index (χ3v) is 2.89. The molecule has 0 saturated carbocycles. The van der Waals surface area contributed by atoms with Crippen molar-refractivity contribution in [2.24, 2.45) is 5.92 Å². The van der Waals surface area contributed by atoms with Crippen molar-refractivity contribution in [3.63, 3.8) is 0 Å². The number of hydrogen-bond acceptors (Lipinski definition) is 4. The van der Waals surface area contributed by atoms with Crippen LogP contribution in [0.5, 0.6) is 0 Å². The molecular weight excluding hydrogens is 194 g/mol. The standard InChI is InChI=1S/C11H21NO3/c1-9(10(13)15-3)7-12-6-4-5-11(2,14)8-12/h9,14H,4-8H2,1-3H3. The minimum Gasteiger partial charge on any atom is -0.469 e. The smallest absolute Gasteiger partial charge is 0.309 e. The number of nitrogens with zero attached hydrogens (tertiary/aromatic N) is 1. The summed E-state index contributed by atoms with van der Waals surface area (Å²) >= 11 is 0. The molecule has 88 valence electrons. The molecule has 0 amide bonds. The number of rotatable bonds is 3. The van der Waals surface area contributed by atoms with E-state index in [1.807, 2.05) is 13.8 Å². The molecule has 15 heavy (non-hydrogen) atoms. The van der Waals surface area contributed by atoms with Crippen molar-refractivity contribution in [3.8, 4) is 0 Å². The van der Waals surface area contributed by atoms with E-state index in [-0.39, 0.29) is 11.9 Å². The topological polar surface area (TPSA) is 49.8 Å². The molecule has 4 nitrogen and oxygen atoms in total. The van der Waals surface area contributed by atoms with Gasteiger partial charge in [-0.3, -0.25) is 9.69 Å². The van der Waals surface area contributed by atoms with Gasteiger partial charge in [0.1, 0.15) is 0 Å². The predicted molar refractivity (Wildman–Crippen MR) is 57.5 cm³/mol. The van der Waals surface area contributed by atoms with Gasteiger partial charge >= 0.3 is 5.97 Å². The minimum absolute atomic E-state index is 0.121. The quantitative estimate of drug-likeness (QED) is 0.702. The maximum Gasteiger partial charge on any atom is 0.309 e. The molecule has 0 spiro atoms. The van der Waals surface area contributed by atoms with E-state index in [1.165, 1.54) is 7.11 Å². The van der Waals surface area contributed by atoms with Gasteiger partial charge in [0.25, 0.3) is 0 Å². The maximum atomic E-state index is 11.2. The SMILES string of the molecule is COC(=O)C(C)CN1CCCC(C)(O)C1. The number of piperidine rings is 1. The van der Waals surface area contributed by atoms with E-state index in [0.29, 0.717) is 13.1 Å². The van der Waals surface area contributed by atoms with Crippen LogP contribution >= 0.6 is 0 Å². The second-order valence-corrected chi connectivity index (χ2v) is 4.76. The van der Waals surface area contributed by atoms with Crippen LogP contribution in [0.1, 0.15) is 26.7 Å². The molecule has 2 atom stereocenters. The van der Waals surface area contributed by atoms with E-state index in [2.05, 4.69) is 9.64 Å². The molecule has 4 heteroatoms. The van der Waals surface area contributed by atoms with Gasteiger partial charge in [0.15, 0.2) is 0 Å². The molecule has 1 saturated heterocycles. The van der Waals surface area contributed by atoms with Crippen molar-refractivity contribution in [2.45, 2.75) is 32.3 Å². The summed E-state index contributed by atoms with van der Waals surface area (Å²) in [5.74, 6) is -0.302. The van der Waals surface area contributed by atoms with E-state index >= 15 is 0 Å². The van der Waals surface area contributed by atoms with Gasteiger partial charge < -0.3 is 9.84 Å². The molecule has 1 aliphatic heterocycles. The van der Waals surface area contributed by atoms with Crippen molar-refractivity contribution in [2.75, 3.05) is 26.7 Å². The molecule has 0 bridgehead atoms. The van der Waals surface area contributed by atoms with Gasteiger partial charge in [0.05, 0.1) is 18.6 Å². The first-order valence-electron chi connectivity index (χ1n) is 5.47. The van der Waals surface area contributed by atoms with Crippen LogP contribution in [-0.2, 0) is 9.53 Å². The summed E-state index contributed by atoms with van der Waals surface area (Å²) in [6, 6.07) is 0. The summed E-state index contributed by atoms with van der Waals surface area (Å²) in [6.45, 7) is 5.98. The Morgan fingerprint density at radius 2 is 2.33 bits per heavy atom. The number of ether oxygens (including phenoxy) is 1. The Morgan fingerprint density at radius 3 is 2.87 bits per heavy atom.